The number of carbonyl (C=O) groups excluding carboxylic acids is 1. The first-order chi connectivity index (χ1) is 16.2. The zero-order valence-electron chi connectivity index (χ0n) is 17.1. The first-order valence-electron chi connectivity index (χ1n) is 9.93. The predicted molar refractivity (Wildman–Crippen MR) is 126 cm³/mol. The van der Waals surface area contributed by atoms with Crippen molar-refractivity contribution in [2.24, 2.45) is 10.2 Å². The van der Waals surface area contributed by atoms with E-state index >= 15 is 0 Å². The Hall–Kier alpha value is -3.82. The second-order valence-corrected chi connectivity index (χ2v) is 8.88. The summed E-state index contributed by atoms with van der Waals surface area (Å²) in [6.45, 7) is 8.64. The Kier molecular flexibility index (Phi) is 5.72. The van der Waals surface area contributed by atoms with Crippen LogP contribution in [-0.4, -0.2) is 59.6 Å². The number of rotatable bonds is 4. The maximum Gasteiger partial charge on any atom is 0.263 e. The van der Waals surface area contributed by atoms with Crippen molar-refractivity contribution in [3.05, 3.63) is 59.0 Å². The molecule has 164 valence electrons. The van der Waals surface area contributed by atoms with Gasteiger partial charge in [-0.1, -0.05) is 24.3 Å². The van der Waals surface area contributed by atoms with E-state index in [1.807, 2.05) is 24.3 Å². The molecule has 0 saturated carbocycles. The van der Waals surface area contributed by atoms with Crippen LogP contribution in [0.4, 0.5) is 17.2 Å². The summed E-state index contributed by atoms with van der Waals surface area (Å²) < 4.78 is 5.43. The molecule has 1 amide bonds. The van der Waals surface area contributed by atoms with E-state index in [1.165, 1.54) is 10.9 Å². The summed E-state index contributed by atoms with van der Waals surface area (Å²) in [7, 11) is 0. The van der Waals surface area contributed by atoms with Crippen molar-refractivity contribution in [3.8, 4) is 11.7 Å². The van der Waals surface area contributed by atoms with Gasteiger partial charge in [-0.3, -0.25) is 4.79 Å². The highest BCUT2D eigenvalue weighted by molar-refractivity contribution is 7.99. The molecule has 10 nitrogen and oxygen atoms in total. The topological polar surface area (TPSA) is 113 Å². The van der Waals surface area contributed by atoms with E-state index in [1.54, 1.807) is 28.2 Å². The van der Waals surface area contributed by atoms with Gasteiger partial charge < -0.3 is 10.0 Å². The molecule has 2 aromatic heterocycles. The molecule has 33 heavy (non-hydrogen) atoms. The quantitative estimate of drug-likeness (QED) is 0.336. The Morgan fingerprint density at radius 1 is 1.21 bits per heavy atom. The van der Waals surface area contributed by atoms with Gasteiger partial charge in [-0.2, -0.15) is 25.9 Å². The van der Waals surface area contributed by atoms with Crippen LogP contribution in [0.2, 0.25) is 0 Å². The van der Waals surface area contributed by atoms with Gasteiger partial charge in [0.25, 0.3) is 17.5 Å². The van der Waals surface area contributed by atoms with Gasteiger partial charge in [0, 0.05) is 24.6 Å². The Bertz CT molecular complexity index is 1400. The molecule has 1 aliphatic heterocycles. The number of phenols is 1. The van der Waals surface area contributed by atoms with Crippen LogP contribution >= 0.6 is 23.3 Å². The van der Waals surface area contributed by atoms with Crippen molar-refractivity contribution < 1.29 is 9.90 Å². The average molecular weight is 477 g/mol. The SMILES string of the molecule is [C-]#[N+]c1cnn(-c2ncsn2)c1N=Nc1cc2ccccc2c(C(=O)N2CCSCC2)c1O. The molecule has 3 heterocycles. The van der Waals surface area contributed by atoms with Gasteiger partial charge in [0.2, 0.25) is 0 Å². The molecule has 5 rings (SSSR count). The highest BCUT2D eigenvalue weighted by Gasteiger charge is 2.25. The van der Waals surface area contributed by atoms with Crippen LogP contribution in [0.25, 0.3) is 21.6 Å². The van der Waals surface area contributed by atoms with Gasteiger partial charge in [-0.05, 0) is 28.4 Å². The van der Waals surface area contributed by atoms with E-state index in [0.29, 0.717) is 18.5 Å². The van der Waals surface area contributed by atoms with Gasteiger partial charge in [-0.15, -0.1) is 10.2 Å². The summed E-state index contributed by atoms with van der Waals surface area (Å²) in [4.78, 5) is 22.6. The van der Waals surface area contributed by atoms with Crippen molar-refractivity contribution in [2.45, 2.75) is 0 Å². The minimum atomic E-state index is -0.247. The number of hydrogen-bond donors (Lipinski definition) is 1. The molecule has 2 aromatic carbocycles. The van der Waals surface area contributed by atoms with E-state index < -0.39 is 0 Å². The number of azo groups is 1. The van der Waals surface area contributed by atoms with Crippen LogP contribution in [0.15, 0.2) is 52.3 Å². The molecule has 0 bridgehead atoms. The van der Waals surface area contributed by atoms with E-state index in [0.717, 1.165) is 28.4 Å². The number of benzene rings is 2. The lowest BCUT2D eigenvalue weighted by Gasteiger charge is -2.27. The van der Waals surface area contributed by atoms with Gasteiger partial charge in [0.05, 0.1) is 18.3 Å². The number of carbonyl (C=O) groups is 1. The Balaban J connectivity index is 1.61. The highest BCUT2D eigenvalue weighted by Crippen LogP contribution is 2.39. The monoisotopic (exact) mass is 476 g/mol. The van der Waals surface area contributed by atoms with Crippen molar-refractivity contribution in [2.75, 3.05) is 24.6 Å². The summed E-state index contributed by atoms with van der Waals surface area (Å²) in [5, 5.41) is 25.0. The summed E-state index contributed by atoms with van der Waals surface area (Å²) >= 11 is 2.94. The fourth-order valence-electron chi connectivity index (χ4n) is 3.55. The molecule has 12 heteroatoms. The lowest BCUT2D eigenvalue weighted by atomic mass is 10.0. The molecule has 0 unspecified atom stereocenters. The number of nitrogens with zero attached hydrogens (tertiary/aromatic N) is 8. The lowest BCUT2D eigenvalue weighted by Crippen LogP contribution is -2.38. The number of aromatic nitrogens is 4. The van der Waals surface area contributed by atoms with Crippen LogP contribution in [0.3, 0.4) is 0 Å². The fraction of sp³-hybridized carbons (Fsp3) is 0.190. The largest absolute Gasteiger partial charge is 0.505 e. The van der Waals surface area contributed by atoms with Gasteiger partial charge in [-0.25, -0.2) is 9.83 Å². The van der Waals surface area contributed by atoms with E-state index in [4.69, 9.17) is 6.57 Å². The maximum atomic E-state index is 13.3. The fourth-order valence-corrected chi connectivity index (χ4v) is 4.86. The predicted octanol–water partition coefficient (Wildman–Crippen LogP) is 4.74. The maximum absolute atomic E-state index is 13.3. The summed E-state index contributed by atoms with van der Waals surface area (Å²) in [5.41, 5.74) is 2.03. The molecule has 0 atom stereocenters. The first kappa shape index (κ1) is 21.0. The lowest BCUT2D eigenvalue weighted by molar-refractivity contribution is 0.0771. The molecule has 4 aromatic rings. The minimum Gasteiger partial charge on any atom is -0.505 e. The molecule has 0 aliphatic carbocycles. The number of aromatic hydroxyl groups is 1. The van der Waals surface area contributed by atoms with Crippen molar-refractivity contribution >= 4 is 57.2 Å². The number of phenolic OH excluding ortho intramolecular Hbond substituents is 1. The van der Waals surface area contributed by atoms with Gasteiger partial charge >= 0.3 is 0 Å². The molecule has 1 saturated heterocycles. The third-order valence-corrected chi connectivity index (χ3v) is 6.56. The van der Waals surface area contributed by atoms with Crippen molar-refractivity contribution in [3.63, 3.8) is 0 Å². The number of hydrogen-bond acceptors (Lipinski definition) is 9. The smallest absolute Gasteiger partial charge is 0.263 e. The average Bonchev–Trinajstić information content (AvgIpc) is 3.52. The van der Waals surface area contributed by atoms with E-state index in [2.05, 4.69) is 29.5 Å². The van der Waals surface area contributed by atoms with Crippen molar-refractivity contribution in [1.82, 2.24) is 24.0 Å². The van der Waals surface area contributed by atoms with E-state index in [-0.39, 0.29) is 40.4 Å². The molecule has 1 fully saturated rings. The minimum absolute atomic E-state index is 0.123. The molecular formula is C21H16N8O2S2. The number of amides is 1. The van der Waals surface area contributed by atoms with Crippen molar-refractivity contribution in [1.29, 1.82) is 0 Å². The summed E-state index contributed by atoms with van der Waals surface area (Å²) in [5.74, 6) is 1.64. The Morgan fingerprint density at radius 2 is 2.03 bits per heavy atom. The Morgan fingerprint density at radius 3 is 2.79 bits per heavy atom. The van der Waals surface area contributed by atoms with Gasteiger partial charge in [0.1, 0.15) is 11.2 Å². The second-order valence-electron chi connectivity index (χ2n) is 7.05. The van der Waals surface area contributed by atoms with Gasteiger partial charge in [0.15, 0.2) is 11.6 Å². The van der Waals surface area contributed by atoms with Crippen LogP contribution in [0.5, 0.6) is 5.75 Å². The zero-order chi connectivity index (χ0) is 22.8. The van der Waals surface area contributed by atoms with Crippen LogP contribution < -0.4 is 0 Å². The zero-order valence-corrected chi connectivity index (χ0v) is 18.8. The second kappa shape index (κ2) is 8.97. The molecule has 0 spiro atoms. The Labute approximate surface area is 196 Å². The standard InChI is InChI=1S/C21H16N8O2S2/c1-22-16-11-24-29(21-23-12-33-27-21)19(16)26-25-15-10-13-4-2-3-5-14(13)17(18(15)30)20(31)28-6-8-32-9-7-28/h2-5,10-12,30H,6-9H2. The highest BCUT2D eigenvalue weighted by atomic mass is 32.2. The number of thioether (sulfide) groups is 1. The molecule has 1 aliphatic rings. The van der Waals surface area contributed by atoms with Crippen LogP contribution in [0.1, 0.15) is 10.4 Å². The van der Waals surface area contributed by atoms with Crippen LogP contribution in [-0.2, 0) is 0 Å². The molecule has 0 radical (unpaired) electrons. The molecular weight excluding hydrogens is 460 g/mol. The van der Waals surface area contributed by atoms with E-state index in [9.17, 15) is 9.90 Å². The normalized spacial score (nSPS) is 14.1. The number of fused-ring (bicyclic) bond motifs is 1. The van der Waals surface area contributed by atoms with Crippen LogP contribution in [0, 0.1) is 6.57 Å². The third-order valence-electron chi connectivity index (χ3n) is 5.15. The summed E-state index contributed by atoms with van der Waals surface area (Å²) in [6, 6.07) is 9.00. The first-order valence-corrected chi connectivity index (χ1v) is 11.9. The third kappa shape index (κ3) is 3.92. The molecule has 1 N–H and O–H groups in total. The summed E-state index contributed by atoms with van der Waals surface area (Å²) in [6.07, 6.45) is 1.35.